The monoisotopic (exact) mass is 355 g/mol. The summed E-state index contributed by atoms with van der Waals surface area (Å²) in [5.41, 5.74) is 5.86. The molecule has 3 nitrogen and oxygen atoms in total. The quantitative estimate of drug-likeness (QED) is 0.514. The fourth-order valence-corrected chi connectivity index (χ4v) is 4.40. The van der Waals surface area contributed by atoms with Crippen molar-refractivity contribution in [3.63, 3.8) is 0 Å². The van der Waals surface area contributed by atoms with Crippen LogP contribution >= 0.6 is 11.6 Å². The van der Waals surface area contributed by atoms with Gasteiger partial charge in [0, 0.05) is 6.20 Å². The van der Waals surface area contributed by atoms with Crippen molar-refractivity contribution < 1.29 is 0 Å². The predicted molar refractivity (Wildman–Crippen MR) is 106 cm³/mol. The highest BCUT2D eigenvalue weighted by atomic mass is 35.5. The number of aliphatic imine (C=N–C) groups is 1. The summed E-state index contributed by atoms with van der Waals surface area (Å²) in [4.78, 5) is 9.23. The van der Waals surface area contributed by atoms with E-state index in [1.807, 2.05) is 6.07 Å². The smallest absolute Gasteiger partial charge is 0.156 e. The first-order chi connectivity index (χ1) is 12.3. The lowest BCUT2D eigenvalue weighted by Gasteiger charge is -2.33. The first kappa shape index (κ1) is 16.8. The van der Waals surface area contributed by atoms with Crippen LogP contribution < -0.4 is 5.32 Å². The Hall–Kier alpha value is -1.61. The van der Waals surface area contributed by atoms with Crippen LogP contribution in [0, 0.1) is 5.92 Å². The molecule has 1 aromatic rings. The highest BCUT2D eigenvalue weighted by molar-refractivity contribution is 6.33. The van der Waals surface area contributed by atoms with E-state index < -0.39 is 0 Å². The van der Waals surface area contributed by atoms with Crippen LogP contribution in [0.4, 0.5) is 11.4 Å². The first-order valence-electron chi connectivity index (χ1n) is 9.64. The van der Waals surface area contributed by atoms with Crippen molar-refractivity contribution in [1.29, 1.82) is 0 Å². The summed E-state index contributed by atoms with van der Waals surface area (Å²) in [6.45, 7) is 2.30. The van der Waals surface area contributed by atoms with E-state index in [1.54, 1.807) is 6.20 Å². The summed E-state index contributed by atoms with van der Waals surface area (Å²) in [5.74, 6) is 0.840. The Balaban J connectivity index is 1.73. The Morgan fingerprint density at radius 2 is 2.16 bits per heavy atom. The summed E-state index contributed by atoms with van der Waals surface area (Å²) >= 11 is 6.33. The second-order valence-corrected chi connectivity index (χ2v) is 7.73. The van der Waals surface area contributed by atoms with Gasteiger partial charge in [-0.25, -0.2) is 9.98 Å². The van der Waals surface area contributed by atoms with Crippen molar-refractivity contribution >= 4 is 28.7 Å². The highest BCUT2D eigenvalue weighted by Crippen LogP contribution is 2.40. The average Bonchev–Trinajstić information content (AvgIpc) is 2.68. The number of nitrogens with zero attached hydrogens (tertiary/aromatic N) is 2. The third kappa shape index (κ3) is 3.39. The molecular formula is C21H26ClN3. The lowest BCUT2D eigenvalue weighted by molar-refractivity contribution is 0.452. The van der Waals surface area contributed by atoms with Gasteiger partial charge in [-0.15, -0.1) is 0 Å². The molecule has 4 rings (SSSR count). The molecule has 132 valence electrons. The van der Waals surface area contributed by atoms with Gasteiger partial charge in [-0.1, -0.05) is 37.1 Å². The standard InChI is InChI=1S/C21H26ClN3/c1-2-14-8-10-16(11-9-14)18-19(15-6-4-3-5-7-15)25-20-17(24-18)12-13-23-21(20)22/h6,10,12-14,18,24H,2-5,7-9,11H2,1H3. The van der Waals surface area contributed by atoms with Gasteiger partial charge in [-0.2, -0.15) is 0 Å². The van der Waals surface area contributed by atoms with E-state index in [4.69, 9.17) is 16.6 Å². The van der Waals surface area contributed by atoms with Gasteiger partial charge in [-0.3, -0.25) is 0 Å². The molecule has 1 aromatic heterocycles. The van der Waals surface area contributed by atoms with Crippen LogP contribution in [-0.2, 0) is 0 Å². The van der Waals surface area contributed by atoms with Crippen molar-refractivity contribution in [2.75, 3.05) is 5.32 Å². The van der Waals surface area contributed by atoms with Crippen LogP contribution in [0.25, 0.3) is 0 Å². The molecule has 1 N–H and O–H groups in total. The third-order valence-electron chi connectivity index (χ3n) is 5.81. The summed E-state index contributed by atoms with van der Waals surface area (Å²) in [6, 6.07) is 2.18. The topological polar surface area (TPSA) is 37.3 Å². The lowest BCUT2D eigenvalue weighted by atomic mass is 9.81. The van der Waals surface area contributed by atoms with E-state index in [0.717, 1.165) is 36.6 Å². The van der Waals surface area contributed by atoms with E-state index in [9.17, 15) is 0 Å². The third-order valence-corrected chi connectivity index (χ3v) is 6.08. The zero-order valence-corrected chi connectivity index (χ0v) is 15.6. The molecule has 0 saturated heterocycles. The average molecular weight is 356 g/mol. The Kier molecular flexibility index (Phi) is 4.93. The number of allylic oxidation sites excluding steroid dienone is 2. The molecule has 2 heterocycles. The normalized spacial score (nSPS) is 26.1. The van der Waals surface area contributed by atoms with E-state index in [0.29, 0.717) is 5.15 Å². The number of nitrogens with one attached hydrogen (secondary N) is 1. The van der Waals surface area contributed by atoms with Gasteiger partial charge in [0.2, 0.25) is 0 Å². The highest BCUT2D eigenvalue weighted by Gasteiger charge is 2.30. The van der Waals surface area contributed by atoms with E-state index in [1.165, 1.54) is 49.0 Å². The predicted octanol–water partition coefficient (Wildman–Crippen LogP) is 6.24. The number of hydrogen-bond acceptors (Lipinski definition) is 3. The minimum atomic E-state index is 0.188. The van der Waals surface area contributed by atoms with Crippen molar-refractivity contribution in [2.45, 2.75) is 64.3 Å². The molecule has 2 unspecified atom stereocenters. The second-order valence-electron chi connectivity index (χ2n) is 7.38. The van der Waals surface area contributed by atoms with Gasteiger partial charge in [-0.05, 0) is 68.1 Å². The van der Waals surface area contributed by atoms with Crippen LogP contribution in [0.3, 0.4) is 0 Å². The Morgan fingerprint density at radius 3 is 2.88 bits per heavy atom. The van der Waals surface area contributed by atoms with Crippen LogP contribution in [0.2, 0.25) is 5.15 Å². The molecule has 0 spiro atoms. The van der Waals surface area contributed by atoms with E-state index in [-0.39, 0.29) is 6.04 Å². The first-order valence-corrected chi connectivity index (χ1v) is 10.0. The Morgan fingerprint density at radius 1 is 1.24 bits per heavy atom. The largest absolute Gasteiger partial charge is 0.371 e. The van der Waals surface area contributed by atoms with E-state index in [2.05, 4.69) is 29.4 Å². The molecule has 3 aliphatic rings. The van der Waals surface area contributed by atoms with Gasteiger partial charge in [0.25, 0.3) is 0 Å². The zero-order valence-electron chi connectivity index (χ0n) is 14.9. The molecule has 2 atom stereocenters. The number of halogens is 1. The molecule has 0 aromatic carbocycles. The second kappa shape index (κ2) is 7.33. The van der Waals surface area contributed by atoms with Crippen molar-refractivity contribution in [3.8, 4) is 0 Å². The van der Waals surface area contributed by atoms with Gasteiger partial charge in [0.15, 0.2) is 5.15 Å². The number of aromatic nitrogens is 1. The van der Waals surface area contributed by atoms with Crippen LogP contribution in [0.5, 0.6) is 0 Å². The van der Waals surface area contributed by atoms with Crippen LogP contribution in [0.1, 0.15) is 58.3 Å². The maximum Gasteiger partial charge on any atom is 0.156 e. The minimum absolute atomic E-state index is 0.188. The molecule has 0 fully saturated rings. The molecule has 0 radical (unpaired) electrons. The van der Waals surface area contributed by atoms with Gasteiger partial charge in [0.05, 0.1) is 17.4 Å². The summed E-state index contributed by atoms with van der Waals surface area (Å²) in [7, 11) is 0. The van der Waals surface area contributed by atoms with Gasteiger partial charge in [0.1, 0.15) is 5.69 Å². The number of hydrogen-bond donors (Lipinski definition) is 1. The van der Waals surface area contributed by atoms with Crippen LogP contribution in [-0.4, -0.2) is 16.7 Å². The Labute approximate surface area is 155 Å². The number of rotatable bonds is 3. The maximum atomic E-state index is 6.33. The molecule has 4 heteroatoms. The SMILES string of the molecule is CCC1CC=C(C2Nc3ccnc(Cl)c3N=C2C2=CCCCC2)CC1. The molecule has 2 aliphatic carbocycles. The zero-order chi connectivity index (χ0) is 17.2. The molecule has 1 aliphatic heterocycles. The number of pyridine rings is 1. The number of anilines is 1. The fourth-order valence-electron chi connectivity index (χ4n) is 4.20. The summed E-state index contributed by atoms with van der Waals surface area (Å²) in [5, 5.41) is 4.21. The van der Waals surface area contributed by atoms with Crippen molar-refractivity contribution in [3.05, 3.63) is 40.7 Å². The molecule has 0 amide bonds. The van der Waals surface area contributed by atoms with Crippen molar-refractivity contribution in [2.24, 2.45) is 10.9 Å². The molecule has 25 heavy (non-hydrogen) atoms. The minimum Gasteiger partial charge on any atom is -0.371 e. The lowest BCUT2D eigenvalue weighted by Crippen LogP contribution is -2.36. The molecule has 0 saturated carbocycles. The maximum absolute atomic E-state index is 6.33. The fraction of sp³-hybridized carbons (Fsp3) is 0.524. The summed E-state index contributed by atoms with van der Waals surface area (Å²) in [6.07, 6.45) is 16.3. The van der Waals surface area contributed by atoms with Crippen molar-refractivity contribution in [1.82, 2.24) is 4.98 Å². The number of fused-ring (bicyclic) bond motifs is 1. The van der Waals surface area contributed by atoms with E-state index >= 15 is 0 Å². The Bertz CT molecular complexity index is 748. The summed E-state index contributed by atoms with van der Waals surface area (Å²) < 4.78 is 0. The van der Waals surface area contributed by atoms with Gasteiger partial charge >= 0.3 is 0 Å². The molecular weight excluding hydrogens is 330 g/mol. The molecule has 0 bridgehead atoms. The van der Waals surface area contributed by atoms with Crippen LogP contribution in [0.15, 0.2) is 40.6 Å². The van der Waals surface area contributed by atoms with Gasteiger partial charge < -0.3 is 5.32 Å².